The molecule has 1 fully saturated rings. The Morgan fingerprint density at radius 2 is 2.05 bits per heavy atom. The number of nitrogens with zero attached hydrogens (tertiary/aromatic N) is 4. The average Bonchev–Trinajstić information content (AvgIpc) is 2.89. The van der Waals surface area contributed by atoms with Gasteiger partial charge in [-0.25, -0.2) is 4.98 Å². The molecule has 1 atom stereocenters. The third kappa shape index (κ3) is 3.76. The number of halogens is 2. The van der Waals surface area contributed by atoms with Crippen molar-refractivity contribution in [2.75, 3.05) is 26.2 Å². The van der Waals surface area contributed by atoms with E-state index < -0.39 is 6.55 Å². The van der Waals surface area contributed by atoms with E-state index in [0.29, 0.717) is 45.0 Å². The Morgan fingerprint density at radius 3 is 2.57 bits per heavy atom. The zero-order valence-electron chi connectivity index (χ0n) is 12.1. The van der Waals surface area contributed by atoms with Crippen molar-refractivity contribution in [1.82, 2.24) is 19.4 Å². The molecular weight excluding hydrogens is 280 g/mol. The van der Waals surface area contributed by atoms with Gasteiger partial charge in [0.15, 0.2) is 0 Å². The van der Waals surface area contributed by atoms with Crippen LogP contribution in [0.3, 0.4) is 0 Å². The fourth-order valence-electron chi connectivity index (χ4n) is 2.72. The summed E-state index contributed by atoms with van der Waals surface area (Å²) in [6.45, 7) is 2.58. The van der Waals surface area contributed by atoms with E-state index in [-0.39, 0.29) is 11.9 Å². The molecule has 2 rings (SSSR count). The van der Waals surface area contributed by atoms with Gasteiger partial charge in [-0.05, 0) is 6.42 Å². The number of nitrogens with two attached hydrogens (primary N) is 1. The highest BCUT2D eigenvalue weighted by Gasteiger charge is 2.26. The summed E-state index contributed by atoms with van der Waals surface area (Å²) in [5.74, 6) is 0.0552. The first-order valence-electron chi connectivity index (χ1n) is 7.08. The zero-order chi connectivity index (χ0) is 15.4. The highest BCUT2D eigenvalue weighted by molar-refractivity contribution is 5.79. The monoisotopic (exact) mass is 301 g/mol. The van der Waals surface area contributed by atoms with Gasteiger partial charge in [-0.1, -0.05) is 6.92 Å². The van der Waals surface area contributed by atoms with Crippen LogP contribution in [0.2, 0.25) is 0 Å². The van der Waals surface area contributed by atoms with Gasteiger partial charge in [0.05, 0.1) is 12.6 Å². The van der Waals surface area contributed by atoms with E-state index in [4.69, 9.17) is 5.73 Å². The Morgan fingerprint density at radius 1 is 1.38 bits per heavy atom. The van der Waals surface area contributed by atoms with Crippen molar-refractivity contribution < 1.29 is 13.6 Å². The third-order valence-electron chi connectivity index (χ3n) is 3.89. The van der Waals surface area contributed by atoms with Crippen LogP contribution in [0.5, 0.6) is 0 Å². The van der Waals surface area contributed by atoms with Gasteiger partial charge in [-0.15, -0.1) is 0 Å². The van der Waals surface area contributed by atoms with Crippen LogP contribution in [0.15, 0.2) is 12.4 Å². The summed E-state index contributed by atoms with van der Waals surface area (Å²) in [5, 5.41) is 0. The van der Waals surface area contributed by atoms with E-state index in [0.717, 1.165) is 4.57 Å². The summed E-state index contributed by atoms with van der Waals surface area (Å²) in [7, 11) is 0. The maximum absolute atomic E-state index is 12.8. The molecule has 1 aliphatic rings. The molecule has 6 nitrogen and oxygen atoms in total. The molecule has 1 amide bonds. The zero-order valence-corrected chi connectivity index (χ0v) is 12.1. The number of alkyl halides is 2. The normalized spacial score (nSPS) is 19.0. The summed E-state index contributed by atoms with van der Waals surface area (Å²) in [6.07, 6.45) is 3.36. The van der Waals surface area contributed by atoms with E-state index in [1.165, 1.54) is 12.4 Å². The predicted octanol–water partition coefficient (Wildman–Crippen LogP) is 0.660. The Bertz CT molecular complexity index is 471. The Labute approximate surface area is 122 Å². The van der Waals surface area contributed by atoms with Crippen LogP contribution >= 0.6 is 0 Å². The number of piperazine rings is 1. The molecule has 21 heavy (non-hydrogen) atoms. The molecule has 0 spiro atoms. The van der Waals surface area contributed by atoms with Crippen LogP contribution in [0.25, 0.3) is 0 Å². The first-order valence-corrected chi connectivity index (χ1v) is 7.08. The molecule has 1 saturated heterocycles. The number of hydrogen-bond donors (Lipinski definition) is 1. The smallest absolute Gasteiger partial charge is 0.319 e. The molecule has 1 unspecified atom stereocenters. The number of hydrogen-bond acceptors (Lipinski definition) is 4. The van der Waals surface area contributed by atoms with Crippen LogP contribution in [0, 0.1) is 0 Å². The lowest BCUT2D eigenvalue weighted by Crippen LogP contribution is -2.53. The van der Waals surface area contributed by atoms with Gasteiger partial charge >= 0.3 is 6.55 Å². The number of imidazole rings is 1. The largest absolute Gasteiger partial charge is 0.368 e. The van der Waals surface area contributed by atoms with Crippen LogP contribution in [-0.2, 0) is 11.3 Å². The van der Waals surface area contributed by atoms with Gasteiger partial charge in [0, 0.05) is 38.6 Å². The van der Waals surface area contributed by atoms with Crippen molar-refractivity contribution in [2.24, 2.45) is 5.73 Å². The Kier molecular flexibility index (Phi) is 5.24. The lowest BCUT2D eigenvalue weighted by atomic mass is 10.1. The molecular formula is C13H21F2N5O. The SMILES string of the molecule is CCC(C(N)=O)N1CCN(Cc2nccn2C(F)F)CC1. The Balaban J connectivity index is 1.89. The van der Waals surface area contributed by atoms with Crippen molar-refractivity contribution in [3.8, 4) is 0 Å². The summed E-state index contributed by atoms with van der Waals surface area (Å²) >= 11 is 0. The third-order valence-corrected chi connectivity index (χ3v) is 3.89. The van der Waals surface area contributed by atoms with Crippen molar-refractivity contribution in [1.29, 1.82) is 0 Å². The van der Waals surface area contributed by atoms with Gasteiger partial charge in [0.1, 0.15) is 5.82 Å². The van der Waals surface area contributed by atoms with Gasteiger partial charge in [0.25, 0.3) is 0 Å². The number of primary amides is 1. The molecule has 0 bridgehead atoms. The van der Waals surface area contributed by atoms with Crippen LogP contribution in [0.1, 0.15) is 25.7 Å². The molecule has 1 aromatic rings. The summed E-state index contributed by atoms with van der Waals surface area (Å²) in [6, 6.07) is -0.241. The van der Waals surface area contributed by atoms with Crippen molar-refractivity contribution in [3.05, 3.63) is 18.2 Å². The minimum Gasteiger partial charge on any atom is -0.368 e. The van der Waals surface area contributed by atoms with E-state index in [2.05, 4.69) is 14.8 Å². The topological polar surface area (TPSA) is 67.4 Å². The molecule has 0 aromatic carbocycles. The molecule has 0 saturated carbocycles. The minimum atomic E-state index is -2.57. The van der Waals surface area contributed by atoms with E-state index in [1.54, 1.807) is 0 Å². The number of carbonyl (C=O) groups excluding carboxylic acids is 1. The van der Waals surface area contributed by atoms with Gasteiger partial charge in [0.2, 0.25) is 5.91 Å². The average molecular weight is 301 g/mol. The molecule has 0 aliphatic carbocycles. The first-order chi connectivity index (χ1) is 10.0. The van der Waals surface area contributed by atoms with Crippen molar-refractivity contribution >= 4 is 5.91 Å². The molecule has 1 aliphatic heterocycles. The van der Waals surface area contributed by atoms with Gasteiger partial charge < -0.3 is 5.73 Å². The second-order valence-corrected chi connectivity index (χ2v) is 5.17. The molecule has 0 radical (unpaired) electrons. The van der Waals surface area contributed by atoms with Crippen LogP contribution < -0.4 is 5.73 Å². The van der Waals surface area contributed by atoms with E-state index in [9.17, 15) is 13.6 Å². The van der Waals surface area contributed by atoms with Gasteiger partial charge in [-0.3, -0.25) is 19.2 Å². The highest BCUT2D eigenvalue weighted by Crippen LogP contribution is 2.16. The maximum atomic E-state index is 12.8. The summed E-state index contributed by atoms with van der Waals surface area (Å²) in [5.41, 5.74) is 5.38. The predicted molar refractivity (Wildman–Crippen MR) is 73.6 cm³/mol. The highest BCUT2D eigenvalue weighted by atomic mass is 19.3. The van der Waals surface area contributed by atoms with E-state index in [1.807, 2.05) is 6.92 Å². The van der Waals surface area contributed by atoms with Crippen LogP contribution in [-0.4, -0.2) is 57.5 Å². The molecule has 2 N–H and O–H groups in total. The first kappa shape index (κ1) is 15.8. The second-order valence-electron chi connectivity index (χ2n) is 5.17. The standard InChI is InChI=1S/C13H21F2N5O/c1-2-10(12(16)21)19-7-5-18(6-8-19)9-11-17-3-4-20(11)13(14)15/h3-4,10,13H,2,5-9H2,1H3,(H2,16,21). The van der Waals surface area contributed by atoms with Crippen LogP contribution in [0.4, 0.5) is 8.78 Å². The van der Waals surface area contributed by atoms with E-state index >= 15 is 0 Å². The molecule has 118 valence electrons. The molecule has 2 heterocycles. The lowest BCUT2D eigenvalue weighted by molar-refractivity contribution is -0.124. The second kappa shape index (κ2) is 6.95. The fraction of sp³-hybridized carbons (Fsp3) is 0.692. The number of carbonyl (C=O) groups is 1. The summed E-state index contributed by atoms with van der Waals surface area (Å²) < 4.78 is 26.4. The Hall–Kier alpha value is -1.54. The summed E-state index contributed by atoms with van der Waals surface area (Å²) in [4.78, 5) is 19.5. The number of amides is 1. The van der Waals surface area contributed by atoms with Crippen molar-refractivity contribution in [2.45, 2.75) is 32.5 Å². The molecule has 1 aromatic heterocycles. The lowest BCUT2D eigenvalue weighted by Gasteiger charge is -2.37. The number of rotatable bonds is 6. The molecule has 8 heteroatoms. The van der Waals surface area contributed by atoms with Gasteiger partial charge in [-0.2, -0.15) is 8.78 Å². The fourth-order valence-corrected chi connectivity index (χ4v) is 2.72. The maximum Gasteiger partial charge on any atom is 0.319 e. The quantitative estimate of drug-likeness (QED) is 0.838. The number of aromatic nitrogens is 2. The van der Waals surface area contributed by atoms with Crippen molar-refractivity contribution in [3.63, 3.8) is 0 Å². The minimum absolute atomic E-state index is 0.241.